The van der Waals surface area contributed by atoms with Gasteiger partial charge < -0.3 is 0 Å². The highest BCUT2D eigenvalue weighted by molar-refractivity contribution is 6.17. The summed E-state index contributed by atoms with van der Waals surface area (Å²) in [6.45, 7) is 2.07. The molecule has 0 aromatic heterocycles. The van der Waals surface area contributed by atoms with Gasteiger partial charge in [0.05, 0.1) is 0 Å². The van der Waals surface area contributed by atoms with Gasteiger partial charge in [0.2, 0.25) is 0 Å². The van der Waals surface area contributed by atoms with Crippen LogP contribution < -0.4 is 0 Å². The van der Waals surface area contributed by atoms with Gasteiger partial charge in [0.15, 0.2) is 0 Å². The van der Waals surface area contributed by atoms with E-state index in [-0.39, 0.29) is 5.82 Å². The number of aryl methyl sites for hydroxylation is 1. The summed E-state index contributed by atoms with van der Waals surface area (Å²) in [6.07, 6.45) is 1.95. The van der Waals surface area contributed by atoms with Crippen LogP contribution in [0, 0.1) is 5.82 Å². The monoisotopic (exact) mass is 186 g/mol. The zero-order valence-corrected chi connectivity index (χ0v) is 7.87. The maximum atomic E-state index is 12.9. The maximum Gasteiger partial charge on any atom is 0.123 e. The Bertz CT molecular complexity index is 258. The predicted octanol–water partition coefficient (Wildman–Crippen LogP) is 3.52. The molecule has 1 aromatic carbocycles. The Kier molecular flexibility index (Phi) is 3.54. The van der Waals surface area contributed by atoms with Gasteiger partial charge in [0.1, 0.15) is 5.82 Å². The molecule has 1 aromatic rings. The van der Waals surface area contributed by atoms with E-state index in [1.165, 1.54) is 6.07 Å². The first-order valence-electron chi connectivity index (χ1n) is 4.10. The molecule has 2 heteroatoms. The lowest BCUT2D eigenvalue weighted by Crippen LogP contribution is -1.88. The number of alkyl halides is 1. The standard InChI is InChI=1S/C10H12ClF/c1-2-3-8-4-9(7-11)6-10(12)5-8/h4-6H,2-3,7H2,1H3. The van der Waals surface area contributed by atoms with E-state index in [0.29, 0.717) is 5.88 Å². The molecule has 0 aliphatic carbocycles. The minimum Gasteiger partial charge on any atom is -0.207 e. The van der Waals surface area contributed by atoms with Crippen molar-refractivity contribution in [2.24, 2.45) is 0 Å². The van der Waals surface area contributed by atoms with Crippen molar-refractivity contribution in [2.75, 3.05) is 0 Å². The van der Waals surface area contributed by atoms with E-state index in [0.717, 1.165) is 24.0 Å². The molecule has 12 heavy (non-hydrogen) atoms. The van der Waals surface area contributed by atoms with Crippen LogP contribution in [-0.2, 0) is 12.3 Å². The normalized spacial score (nSPS) is 10.2. The molecular weight excluding hydrogens is 175 g/mol. The van der Waals surface area contributed by atoms with Crippen molar-refractivity contribution in [3.05, 3.63) is 35.1 Å². The van der Waals surface area contributed by atoms with Crippen molar-refractivity contribution in [2.45, 2.75) is 25.6 Å². The average molecular weight is 187 g/mol. The molecule has 0 fully saturated rings. The van der Waals surface area contributed by atoms with E-state index >= 15 is 0 Å². The van der Waals surface area contributed by atoms with Crippen LogP contribution in [0.3, 0.4) is 0 Å². The van der Waals surface area contributed by atoms with Gasteiger partial charge in [-0.25, -0.2) is 4.39 Å². The van der Waals surface area contributed by atoms with Crippen molar-refractivity contribution < 1.29 is 4.39 Å². The molecule has 66 valence electrons. The van der Waals surface area contributed by atoms with E-state index in [9.17, 15) is 4.39 Å². The summed E-state index contributed by atoms with van der Waals surface area (Å²) in [5.41, 5.74) is 1.90. The SMILES string of the molecule is CCCc1cc(F)cc(CCl)c1. The third-order valence-electron chi connectivity index (χ3n) is 1.71. The first-order valence-corrected chi connectivity index (χ1v) is 4.64. The van der Waals surface area contributed by atoms with Crippen LogP contribution in [0.5, 0.6) is 0 Å². The van der Waals surface area contributed by atoms with Gasteiger partial charge in [-0.05, 0) is 29.7 Å². The lowest BCUT2D eigenvalue weighted by atomic mass is 10.1. The number of benzene rings is 1. The van der Waals surface area contributed by atoms with Gasteiger partial charge in [-0.2, -0.15) is 0 Å². The Hall–Kier alpha value is -0.560. The van der Waals surface area contributed by atoms with Gasteiger partial charge in [-0.1, -0.05) is 19.4 Å². The van der Waals surface area contributed by atoms with Crippen molar-refractivity contribution in [1.29, 1.82) is 0 Å². The highest BCUT2D eigenvalue weighted by Gasteiger charge is 1.98. The van der Waals surface area contributed by atoms with Crippen LogP contribution in [0.4, 0.5) is 4.39 Å². The highest BCUT2D eigenvalue weighted by atomic mass is 35.5. The fraction of sp³-hybridized carbons (Fsp3) is 0.400. The van der Waals surface area contributed by atoms with E-state index < -0.39 is 0 Å². The topological polar surface area (TPSA) is 0 Å². The molecule has 0 atom stereocenters. The summed E-state index contributed by atoms with van der Waals surface area (Å²) < 4.78 is 12.9. The first-order chi connectivity index (χ1) is 5.76. The largest absolute Gasteiger partial charge is 0.207 e. The van der Waals surface area contributed by atoms with Crippen LogP contribution in [0.1, 0.15) is 24.5 Å². The fourth-order valence-electron chi connectivity index (χ4n) is 1.23. The van der Waals surface area contributed by atoms with Gasteiger partial charge in [0, 0.05) is 5.88 Å². The quantitative estimate of drug-likeness (QED) is 0.634. The van der Waals surface area contributed by atoms with Crippen molar-refractivity contribution >= 4 is 11.6 Å². The molecular formula is C10H12ClF. The second kappa shape index (κ2) is 4.46. The summed E-state index contributed by atoms with van der Waals surface area (Å²) in [7, 11) is 0. The molecule has 0 bridgehead atoms. The smallest absolute Gasteiger partial charge is 0.123 e. The predicted molar refractivity (Wildman–Crippen MR) is 50.0 cm³/mol. The zero-order valence-electron chi connectivity index (χ0n) is 7.11. The Labute approximate surface area is 77.4 Å². The third-order valence-corrected chi connectivity index (χ3v) is 2.02. The molecule has 0 N–H and O–H groups in total. The molecule has 0 saturated carbocycles. The lowest BCUT2D eigenvalue weighted by molar-refractivity contribution is 0.623. The Balaban J connectivity index is 2.90. The lowest BCUT2D eigenvalue weighted by Gasteiger charge is -2.01. The van der Waals surface area contributed by atoms with Gasteiger partial charge in [0.25, 0.3) is 0 Å². The molecule has 0 radical (unpaired) electrons. The zero-order chi connectivity index (χ0) is 8.97. The Morgan fingerprint density at radius 1 is 1.25 bits per heavy atom. The molecule has 0 unspecified atom stereocenters. The van der Waals surface area contributed by atoms with Gasteiger partial charge in [-0.3, -0.25) is 0 Å². The number of halogens is 2. The minimum atomic E-state index is -0.184. The van der Waals surface area contributed by atoms with Gasteiger partial charge in [-0.15, -0.1) is 11.6 Å². The van der Waals surface area contributed by atoms with Crippen molar-refractivity contribution in [3.63, 3.8) is 0 Å². The fourth-order valence-corrected chi connectivity index (χ4v) is 1.38. The summed E-state index contributed by atoms with van der Waals surface area (Å²) >= 11 is 5.60. The minimum absolute atomic E-state index is 0.184. The van der Waals surface area contributed by atoms with Gasteiger partial charge >= 0.3 is 0 Å². The third kappa shape index (κ3) is 2.49. The second-order valence-corrected chi connectivity index (χ2v) is 3.12. The number of rotatable bonds is 3. The van der Waals surface area contributed by atoms with E-state index in [1.54, 1.807) is 6.07 Å². The van der Waals surface area contributed by atoms with Crippen LogP contribution in [0.2, 0.25) is 0 Å². The molecule has 0 heterocycles. The first kappa shape index (κ1) is 9.53. The number of hydrogen-bond acceptors (Lipinski definition) is 0. The van der Waals surface area contributed by atoms with E-state index in [4.69, 9.17) is 11.6 Å². The Morgan fingerprint density at radius 3 is 2.50 bits per heavy atom. The summed E-state index contributed by atoms with van der Waals surface area (Å²) in [5.74, 6) is 0.200. The second-order valence-electron chi connectivity index (χ2n) is 2.85. The maximum absolute atomic E-state index is 12.9. The summed E-state index contributed by atoms with van der Waals surface area (Å²) in [4.78, 5) is 0. The van der Waals surface area contributed by atoms with E-state index in [2.05, 4.69) is 6.92 Å². The van der Waals surface area contributed by atoms with Crippen LogP contribution >= 0.6 is 11.6 Å². The van der Waals surface area contributed by atoms with Crippen molar-refractivity contribution in [3.8, 4) is 0 Å². The number of hydrogen-bond donors (Lipinski definition) is 0. The molecule has 0 nitrogen and oxygen atoms in total. The molecule has 0 aliphatic rings. The van der Waals surface area contributed by atoms with Crippen LogP contribution in [0.15, 0.2) is 18.2 Å². The average Bonchev–Trinajstić information content (AvgIpc) is 2.04. The van der Waals surface area contributed by atoms with Crippen LogP contribution in [0.25, 0.3) is 0 Å². The van der Waals surface area contributed by atoms with Crippen molar-refractivity contribution in [1.82, 2.24) is 0 Å². The summed E-state index contributed by atoms with van der Waals surface area (Å²) in [5, 5.41) is 0. The van der Waals surface area contributed by atoms with E-state index in [1.807, 2.05) is 6.07 Å². The Morgan fingerprint density at radius 2 is 1.92 bits per heavy atom. The molecule has 0 amide bonds. The highest BCUT2D eigenvalue weighted by Crippen LogP contribution is 2.12. The summed E-state index contributed by atoms with van der Waals surface area (Å²) in [6, 6.07) is 5.01. The molecule has 1 rings (SSSR count). The molecule has 0 saturated heterocycles. The van der Waals surface area contributed by atoms with Crippen LogP contribution in [-0.4, -0.2) is 0 Å². The molecule has 0 spiro atoms. The molecule has 0 aliphatic heterocycles.